The first-order valence-electron chi connectivity index (χ1n) is 9.89. The van der Waals surface area contributed by atoms with Gasteiger partial charge in [-0.05, 0) is 65.8 Å². The van der Waals surface area contributed by atoms with Crippen LogP contribution in [0.2, 0.25) is 0 Å². The van der Waals surface area contributed by atoms with E-state index in [1.165, 1.54) is 18.6 Å². The van der Waals surface area contributed by atoms with Crippen molar-refractivity contribution in [2.24, 2.45) is 0 Å². The average Bonchev–Trinajstić information content (AvgIpc) is 3.25. The van der Waals surface area contributed by atoms with Gasteiger partial charge in [0, 0.05) is 11.8 Å². The number of anilines is 1. The van der Waals surface area contributed by atoms with Crippen molar-refractivity contribution in [3.8, 4) is 33.1 Å². The number of aromatic nitrogens is 1. The highest BCUT2D eigenvalue weighted by molar-refractivity contribution is 7.10. The standard InChI is InChI=1S/C23H25N3O5S.ClH/c1-12-7-15(9-20(31-4)13(12)2)22-16(11-25-32-22)14-5-6-19(30-3)18(8-14)26-23(29)17(24)10-21(27)28;/h5-9,11,17H,10,24H2,1-4H3,(H,26,29)(H,27,28);1H/t17-;/m1./s1. The Hall–Kier alpha value is -3.14. The van der Waals surface area contributed by atoms with Gasteiger partial charge in [-0.15, -0.1) is 0 Å². The van der Waals surface area contributed by atoms with Crippen molar-refractivity contribution in [3.05, 3.63) is 47.7 Å². The third-order valence-electron chi connectivity index (χ3n) is 5.23. The van der Waals surface area contributed by atoms with Gasteiger partial charge in [-0.25, -0.2) is 0 Å². The Morgan fingerprint density at radius 3 is 2.45 bits per heavy atom. The number of rotatable bonds is 8. The van der Waals surface area contributed by atoms with Crippen LogP contribution in [0, 0.1) is 13.8 Å². The summed E-state index contributed by atoms with van der Waals surface area (Å²) < 4.78 is 15.3. The van der Waals surface area contributed by atoms with Gasteiger partial charge in [-0.2, -0.15) is 4.37 Å². The smallest absolute Gasteiger partial charge is 0.309 e. The number of halogens is 1. The van der Waals surface area contributed by atoms with E-state index in [4.69, 9.17) is 14.6 Å². The van der Waals surface area contributed by atoms with Gasteiger partial charge in [0.15, 0.2) is 6.04 Å². The molecule has 3 aromatic rings. The van der Waals surface area contributed by atoms with Gasteiger partial charge < -0.3 is 38.0 Å². The molecule has 0 saturated heterocycles. The van der Waals surface area contributed by atoms with Crippen LogP contribution in [0.1, 0.15) is 17.5 Å². The molecule has 0 saturated carbocycles. The Balaban J connectivity index is 0.00000385. The van der Waals surface area contributed by atoms with E-state index in [1.54, 1.807) is 25.4 Å². The van der Waals surface area contributed by atoms with Crippen molar-refractivity contribution in [2.75, 3.05) is 19.5 Å². The molecule has 0 spiro atoms. The maximum atomic E-state index is 12.4. The van der Waals surface area contributed by atoms with Crippen molar-refractivity contribution >= 4 is 29.1 Å². The summed E-state index contributed by atoms with van der Waals surface area (Å²) in [6.45, 7) is 4.06. The van der Waals surface area contributed by atoms with Crippen LogP contribution in [0.25, 0.3) is 21.6 Å². The van der Waals surface area contributed by atoms with Gasteiger partial charge in [0.05, 0.1) is 24.8 Å². The molecule has 5 N–H and O–H groups in total. The third kappa shape index (κ3) is 5.81. The molecule has 0 aliphatic rings. The first-order valence-corrected chi connectivity index (χ1v) is 10.7. The van der Waals surface area contributed by atoms with Crippen LogP contribution in [0.5, 0.6) is 11.5 Å². The molecule has 0 aliphatic heterocycles. The fourth-order valence-corrected chi connectivity index (χ4v) is 4.09. The van der Waals surface area contributed by atoms with Crippen LogP contribution >= 0.6 is 11.5 Å². The molecule has 3 rings (SSSR count). The summed E-state index contributed by atoms with van der Waals surface area (Å²) in [6, 6.07) is 8.59. The largest absolute Gasteiger partial charge is 1.00 e. The second kappa shape index (κ2) is 11.1. The number of methoxy groups -OCH3 is 2. The highest BCUT2D eigenvalue weighted by Crippen LogP contribution is 2.40. The molecule has 2 aromatic carbocycles. The maximum absolute atomic E-state index is 12.4. The predicted octanol–water partition coefficient (Wildman–Crippen LogP) is 0.139. The lowest BCUT2D eigenvalue weighted by Gasteiger charge is -2.14. The summed E-state index contributed by atoms with van der Waals surface area (Å²) in [5.74, 6) is -0.312. The van der Waals surface area contributed by atoms with Crippen LogP contribution in [0.3, 0.4) is 0 Å². The number of aryl methyl sites for hydroxylation is 1. The molecule has 33 heavy (non-hydrogen) atoms. The molecular formula is C23H26ClN3O5S. The van der Waals surface area contributed by atoms with Crippen molar-refractivity contribution in [1.29, 1.82) is 0 Å². The number of benzene rings is 2. The SMILES string of the molecule is COc1ccc(-c2cnsc2-c2cc(C)c(C)c(OC)c2)cc1NC(=O)[C@H]([NH3+])CC(=O)O.[Cl-]. The summed E-state index contributed by atoms with van der Waals surface area (Å²) in [5.41, 5.74) is 8.99. The molecule has 0 bridgehead atoms. The lowest BCUT2D eigenvalue weighted by Crippen LogP contribution is -3.00. The number of hydrogen-bond donors (Lipinski definition) is 3. The number of aliphatic carboxylic acids is 1. The summed E-state index contributed by atoms with van der Waals surface area (Å²) in [4.78, 5) is 24.3. The Labute approximate surface area is 202 Å². The summed E-state index contributed by atoms with van der Waals surface area (Å²) in [6.07, 6.45) is 1.42. The Kier molecular flexibility index (Phi) is 8.81. The second-order valence-corrected chi connectivity index (χ2v) is 8.19. The van der Waals surface area contributed by atoms with Crippen molar-refractivity contribution < 1.29 is 42.3 Å². The number of carboxylic acids is 1. The molecule has 1 atom stereocenters. The Bertz CT molecular complexity index is 1160. The molecule has 1 aromatic heterocycles. The zero-order valence-electron chi connectivity index (χ0n) is 18.8. The fourth-order valence-electron chi connectivity index (χ4n) is 3.33. The number of carboxylic acid groups (broad SMARTS) is 1. The van der Waals surface area contributed by atoms with Crippen molar-refractivity contribution in [3.63, 3.8) is 0 Å². The first-order chi connectivity index (χ1) is 15.2. The molecule has 0 fully saturated rings. The van der Waals surface area contributed by atoms with E-state index in [-0.39, 0.29) is 18.8 Å². The highest BCUT2D eigenvalue weighted by Gasteiger charge is 2.22. The number of amides is 1. The molecule has 10 heteroatoms. The van der Waals surface area contributed by atoms with E-state index in [0.29, 0.717) is 11.4 Å². The molecule has 1 heterocycles. The minimum absolute atomic E-state index is 0. The average molecular weight is 492 g/mol. The van der Waals surface area contributed by atoms with E-state index < -0.39 is 17.9 Å². The Morgan fingerprint density at radius 2 is 1.82 bits per heavy atom. The Morgan fingerprint density at radius 1 is 1.12 bits per heavy atom. The summed E-state index contributed by atoms with van der Waals surface area (Å²) in [7, 11) is 3.15. The number of carbonyl (C=O) groups is 2. The van der Waals surface area contributed by atoms with Crippen LogP contribution in [-0.4, -0.2) is 41.6 Å². The quantitative estimate of drug-likeness (QED) is 0.411. The number of quaternary nitrogens is 1. The van der Waals surface area contributed by atoms with E-state index in [0.717, 1.165) is 38.4 Å². The van der Waals surface area contributed by atoms with Gasteiger partial charge in [0.2, 0.25) is 0 Å². The maximum Gasteiger partial charge on any atom is 0.309 e. The topological polar surface area (TPSA) is 125 Å². The summed E-state index contributed by atoms with van der Waals surface area (Å²) in [5, 5.41) is 11.7. The van der Waals surface area contributed by atoms with Gasteiger partial charge in [-0.3, -0.25) is 9.59 Å². The zero-order valence-corrected chi connectivity index (χ0v) is 20.3. The minimum Gasteiger partial charge on any atom is -1.00 e. The van der Waals surface area contributed by atoms with Crippen molar-refractivity contribution in [1.82, 2.24) is 4.37 Å². The fraction of sp³-hybridized carbons (Fsp3) is 0.261. The lowest BCUT2D eigenvalue weighted by molar-refractivity contribution is -0.401. The molecule has 8 nitrogen and oxygen atoms in total. The van der Waals surface area contributed by atoms with E-state index in [1.807, 2.05) is 26.0 Å². The highest BCUT2D eigenvalue weighted by atomic mass is 35.5. The molecule has 1 amide bonds. The molecule has 176 valence electrons. The van der Waals surface area contributed by atoms with Gasteiger partial charge in [0.1, 0.15) is 17.9 Å². The number of ether oxygens (including phenoxy) is 2. The number of hydrogen-bond acceptors (Lipinski definition) is 6. The van der Waals surface area contributed by atoms with Crippen LogP contribution in [0.4, 0.5) is 5.69 Å². The molecule has 0 radical (unpaired) electrons. The van der Waals surface area contributed by atoms with Crippen LogP contribution < -0.4 is 32.9 Å². The third-order valence-corrected chi connectivity index (χ3v) is 6.08. The van der Waals surface area contributed by atoms with Gasteiger partial charge in [-0.1, -0.05) is 12.1 Å². The summed E-state index contributed by atoms with van der Waals surface area (Å²) >= 11 is 1.37. The monoisotopic (exact) mass is 491 g/mol. The van der Waals surface area contributed by atoms with E-state index in [2.05, 4.69) is 21.5 Å². The van der Waals surface area contributed by atoms with Crippen molar-refractivity contribution in [2.45, 2.75) is 26.3 Å². The second-order valence-electron chi connectivity index (χ2n) is 7.39. The van der Waals surface area contributed by atoms with E-state index in [9.17, 15) is 9.59 Å². The number of nitrogens with one attached hydrogen (secondary N) is 1. The first kappa shape index (κ1) is 26.1. The van der Waals surface area contributed by atoms with Crippen LogP contribution in [0.15, 0.2) is 36.5 Å². The van der Waals surface area contributed by atoms with E-state index >= 15 is 0 Å². The molecule has 0 unspecified atom stereocenters. The zero-order chi connectivity index (χ0) is 23.4. The molecular weight excluding hydrogens is 466 g/mol. The van der Waals surface area contributed by atoms with Gasteiger partial charge in [0.25, 0.3) is 5.91 Å². The van der Waals surface area contributed by atoms with Crippen LogP contribution in [-0.2, 0) is 9.59 Å². The predicted molar refractivity (Wildman–Crippen MR) is 123 cm³/mol. The lowest BCUT2D eigenvalue weighted by atomic mass is 9.99. The number of nitrogens with zero attached hydrogens (tertiary/aromatic N) is 1. The minimum atomic E-state index is -1.08. The molecule has 0 aliphatic carbocycles. The normalized spacial score (nSPS) is 11.3. The number of carbonyl (C=O) groups excluding carboxylic acids is 1. The van der Waals surface area contributed by atoms with Gasteiger partial charge >= 0.3 is 5.97 Å².